The van der Waals surface area contributed by atoms with Gasteiger partial charge >= 0.3 is 33.8 Å². The van der Waals surface area contributed by atoms with Crippen molar-refractivity contribution in [2.24, 2.45) is 0 Å². The Kier molecular flexibility index (Phi) is 4.12. The Labute approximate surface area is 34.7 Å². The van der Waals surface area contributed by atoms with Crippen molar-refractivity contribution in [3.63, 3.8) is 0 Å². The molecular formula is C2H4B3. The molecule has 0 aliphatic rings. The van der Waals surface area contributed by atoms with Crippen LogP contribution >= 0.6 is 0 Å². The molecule has 0 saturated heterocycles. The summed E-state index contributed by atoms with van der Waals surface area (Å²) >= 11 is 0. The summed E-state index contributed by atoms with van der Waals surface area (Å²) in [4.78, 5) is 0. The van der Waals surface area contributed by atoms with Crippen LogP contribution in [-0.4, -0.2) is 26.8 Å². The molecular weight excluding hydrogens is 56.5 g/mol. The molecule has 21 valence electrons. The van der Waals surface area contributed by atoms with E-state index >= 15 is 0 Å². The fraction of sp³-hybridized carbons (Fsp3) is 0.500. The molecule has 0 bridgehead atoms. The van der Waals surface area contributed by atoms with Gasteiger partial charge in [-0.2, -0.15) is 0 Å². The predicted octanol–water partition coefficient (Wildman–Crippen LogP) is -0.785. The third-order valence-corrected chi connectivity index (χ3v) is 0.304. The van der Waals surface area contributed by atoms with Crippen LogP contribution in [0.25, 0.3) is 0 Å². The second kappa shape index (κ2) is 4.06. The van der Waals surface area contributed by atoms with Gasteiger partial charge in [-0.3, -0.25) is 0 Å². The monoisotopic (exact) mass is 61.1 g/mol. The quantitative estimate of drug-likeness (QED) is 0.348. The van der Waals surface area contributed by atoms with Crippen LogP contribution in [0.2, 0.25) is 0 Å². The molecule has 1 radical (unpaired) electrons. The summed E-state index contributed by atoms with van der Waals surface area (Å²) in [5, 5.41) is 0. The summed E-state index contributed by atoms with van der Waals surface area (Å²) in [5.41, 5.74) is 0. The van der Waals surface area contributed by atoms with E-state index in [1.807, 2.05) is 12.9 Å². The molecule has 0 fully saturated rings. The minimum atomic E-state index is 1.50. The van der Waals surface area contributed by atoms with Gasteiger partial charge in [0.2, 0.25) is 0 Å². The zero-order valence-electron chi connectivity index (χ0n) is 3.31. The first-order valence-electron chi connectivity index (χ1n) is 1.58. The van der Waals surface area contributed by atoms with Crippen molar-refractivity contribution < 1.29 is 0 Å². The Bertz CT molecular complexity index is 46.9. The molecule has 0 heterocycles. The van der Waals surface area contributed by atoms with E-state index in [4.69, 9.17) is 7.37 Å². The summed E-state index contributed by atoms with van der Waals surface area (Å²) in [6, 6.07) is 0. The SMILES string of the molecule is [B]=BB=CC. The van der Waals surface area contributed by atoms with Crippen LogP contribution in [0.5, 0.6) is 0 Å². The Hall–Kier alpha value is 0.0648. The molecule has 0 unspecified atom stereocenters. The summed E-state index contributed by atoms with van der Waals surface area (Å²) in [5.74, 6) is 1.88. The van der Waals surface area contributed by atoms with E-state index < -0.39 is 0 Å². The van der Waals surface area contributed by atoms with Gasteiger partial charge in [0.05, 0.1) is 0 Å². The molecule has 0 N–H and O–H groups in total. The average Bonchev–Trinajstić information content (AvgIpc) is 1.41. The molecule has 0 aliphatic heterocycles. The molecule has 0 nitrogen and oxygen atoms in total. The fourth-order valence-corrected chi connectivity index (χ4v) is 0.111. The van der Waals surface area contributed by atoms with E-state index in [2.05, 4.69) is 0 Å². The molecule has 0 spiro atoms. The standard InChI is InChI=1S/C2H4B3/c1-2-4-5-3/h2H,1H3. The fourth-order valence-electron chi connectivity index (χ4n) is 0.111. The van der Waals surface area contributed by atoms with Gasteiger partial charge in [-0.25, -0.2) is 0 Å². The van der Waals surface area contributed by atoms with Gasteiger partial charge in [0.15, 0.2) is 0 Å². The van der Waals surface area contributed by atoms with Crippen LogP contribution in [0.1, 0.15) is 6.92 Å². The summed E-state index contributed by atoms with van der Waals surface area (Å²) in [6.07, 6.45) is 0. The number of hydrogen-bond donors (Lipinski definition) is 0. The Morgan fingerprint density at radius 3 is 2.40 bits per heavy atom. The van der Waals surface area contributed by atoms with Crippen LogP contribution in [0.15, 0.2) is 0 Å². The van der Waals surface area contributed by atoms with E-state index in [9.17, 15) is 0 Å². The van der Waals surface area contributed by atoms with Gasteiger partial charge in [0.1, 0.15) is 0 Å². The molecule has 0 amide bonds. The zero-order chi connectivity index (χ0) is 4.12. The van der Waals surface area contributed by atoms with E-state index in [1.54, 1.807) is 6.81 Å². The molecule has 0 atom stereocenters. The molecule has 0 aromatic rings. The summed E-state index contributed by atoms with van der Waals surface area (Å²) < 4.78 is 0. The molecule has 0 aromatic heterocycles. The number of hydrogen-bond acceptors (Lipinski definition) is 0. The third kappa shape index (κ3) is 4.06. The van der Waals surface area contributed by atoms with Gasteiger partial charge in [0, 0.05) is 0 Å². The van der Waals surface area contributed by atoms with Crippen molar-refractivity contribution in [3.05, 3.63) is 0 Å². The van der Waals surface area contributed by atoms with E-state index in [1.165, 1.54) is 6.69 Å². The van der Waals surface area contributed by atoms with Crippen LogP contribution < -0.4 is 0 Å². The zero-order valence-corrected chi connectivity index (χ0v) is 3.31. The minimum absolute atomic E-state index is 1.50. The van der Waals surface area contributed by atoms with Crippen molar-refractivity contribution in [2.45, 2.75) is 6.92 Å². The van der Waals surface area contributed by atoms with Gasteiger partial charge < -0.3 is 0 Å². The maximum absolute atomic E-state index is 4.93. The van der Waals surface area contributed by atoms with Crippen LogP contribution in [-0.2, 0) is 0 Å². The van der Waals surface area contributed by atoms with Gasteiger partial charge in [0.25, 0.3) is 0 Å². The van der Waals surface area contributed by atoms with Gasteiger partial charge in [-0.05, 0) is 0 Å². The van der Waals surface area contributed by atoms with E-state index in [0.29, 0.717) is 0 Å². The second-order valence-electron chi connectivity index (χ2n) is 0.718. The summed E-state index contributed by atoms with van der Waals surface area (Å²) in [7, 11) is 4.93. The first-order valence-corrected chi connectivity index (χ1v) is 1.58. The normalized spacial score (nSPS) is 6.40. The maximum atomic E-state index is 4.93. The molecule has 0 aliphatic carbocycles. The number of rotatable bonds is 1. The van der Waals surface area contributed by atoms with E-state index in [-0.39, 0.29) is 0 Å². The van der Waals surface area contributed by atoms with Crippen molar-refractivity contribution in [1.82, 2.24) is 0 Å². The van der Waals surface area contributed by atoms with Gasteiger partial charge in [-0.15, -0.1) is 0 Å². The second-order valence-corrected chi connectivity index (χ2v) is 0.718. The van der Waals surface area contributed by atoms with E-state index in [0.717, 1.165) is 0 Å². The van der Waals surface area contributed by atoms with Crippen LogP contribution in [0.3, 0.4) is 0 Å². The molecule has 3 heteroatoms. The topological polar surface area (TPSA) is 0 Å². The van der Waals surface area contributed by atoms with Crippen molar-refractivity contribution in [1.29, 1.82) is 0 Å². The van der Waals surface area contributed by atoms with Crippen LogP contribution in [0.4, 0.5) is 0 Å². The van der Waals surface area contributed by atoms with Crippen molar-refractivity contribution >= 4 is 26.8 Å². The Morgan fingerprint density at radius 2 is 2.40 bits per heavy atom. The Balaban J connectivity index is 2.92. The first-order chi connectivity index (χ1) is 2.41. The average molecular weight is 60.5 g/mol. The summed E-state index contributed by atoms with van der Waals surface area (Å²) in [6.45, 7) is 5.20. The van der Waals surface area contributed by atoms with Crippen molar-refractivity contribution in [2.75, 3.05) is 0 Å². The van der Waals surface area contributed by atoms with Crippen molar-refractivity contribution in [3.8, 4) is 0 Å². The molecule has 5 heavy (non-hydrogen) atoms. The molecule has 0 rings (SSSR count). The van der Waals surface area contributed by atoms with Gasteiger partial charge in [-0.1, -0.05) is 0 Å². The first kappa shape index (κ1) is 5.06. The molecule has 0 aromatic carbocycles. The molecule has 0 saturated carbocycles. The predicted molar refractivity (Wildman–Crippen MR) is 29.0 cm³/mol. The van der Waals surface area contributed by atoms with Crippen LogP contribution in [0, 0.1) is 0 Å². The Morgan fingerprint density at radius 1 is 1.80 bits per heavy atom. The third-order valence-electron chi connectivity index (χ3n) is 0.304.